The normalized spacial score (nSPS) is 12.3. The highest BCUT2D eigenvalue weighted by Crippen LogP contribution is 2.17. The summed E-state index contributed by atoms with van der Waals surface area (Å²) >= 11 is 0. The molecule has 0 radical (unpaired) electrons. The molecule has 1 atom stereocenters. The molecular formula is C67H122O6. The topological polar surface area (TPSA) is 78.9 Å². The van der Waals surface area contributed by atoms with Crippen LogP contribution in [0.2, 0.25) is 0 Å². The first-order valence-corrected chi connectivity index (χ1v) is 32.1. The molecule has 0 N–H and O–H groups in total. The molecule has 0 saturated carbocycles. The zero-order chi connectivity index (χ0) is 52.9. The Labute approximate surface area is 454 Å². The van der Waals surface area contributed by atoms with E-state index in [0.29, 0.717) is 19.3 Å². The maximum Gasteiger partial charge on any atom is 0.306 e. The first kappa shape index (κ1) is 70.4. The molecule has 0 heterocycles. The SMILES string of the molecule is CCCCC/C=C\C/C=C\CCCCCCCCCCCC(=O)OC[C@H](COC(=O)CCCCCCCCCCCCCCCCCCCCCCC)OC(=O)CCCCCCC/C=C\C/C=C\CCCCC. The molecule has 0 amide bonds. The molecule has 6 nitrogen and oxygen atoms in total. The van der Waals surface area contributed by atoms with Gasteiger partial charge >= 0.3 is 17.9 Å². The molecule has 0 aromatic heterocycles. The van der Waals surface area contributed by atoms with E-state index in [0.717, 1.165) is 89.9 Å². The van der Waals surface area contributed by atoms with Crippen LogP contribution >= 0.6 is 0 Å². The highest BCUT2D eigenvalue weighted by atomic mass is 16.6. The quantitative estimate of drug-likeness (QED) is 0.0261. The lowest BCUT2D eigenvalue weighted by atomic mass is 10.0. The maximum absolute atomic E-state index is 12.9. The van der Waals surface area contributed by atoms with E-state index in [4.69, 9.17) is 14.2 Å². The van der Waals surface area contributed by atoms with Crippen LogP contribution in [0.5, 0.6) is 0 Å². The number of allylic oxidation sites excluding steroid dienone is 8. The van der Waals surface area contributed by atoms with Gasteiger partial charge in [-0.25, -0.2) is 0 Å². The Kier molecular flexibility index (Phi) is 59.7. The second kappa shape index (κ2) is 61.9. The lowest BCUT2D eigenvalue weighted by Gasteiger charge is -2.18. The van der Waals surface area contributed by atoms with Gasteiger partial charge < -0.3 is 14.2 Å². The minimum absolute atomic E-state index is 0.0766. The third-order valence-electron chi connectivity index (χ3n) is 14.3. The summed E-state index contributed by atoms with van der Waals surface area (Å²) < 4.78 is 16.9. The van der Waals surface area contributed by atoms with Gasteiger partial charge in [0, 0.05) is 19.3 Å². The van der Waals surface area contributed by atoms with E-state index < -0.39 is 6.10 Å². The average molecular weight is 1020 g/mol. The fourth-order valence-corrected chi connectivity index (χ4v) is 9.45. The van der Waals surface area contributed by atoms with E-state index in [2.05, 4.69) is 69.4 Å². The fraction of sp³-hybridized carbons (Fsp3) is 0.836. The second-order valence-electron chi connectivity index (χ2n) is 21.7. The molecule has 0 fully saturated rings. The number of carbonyl (C=O) groups excluding carboxylic acids is 3. The molecule has 0 aromatic rings. The molecule has 426 valence electrons. The van der Waals surface area contributed by atoms with E-state index in [9.17, 15) is 14.4 Å². The molecule has 0 unspecified atom stereocenters. The van der Waals surface area contributed by atoms with Gasteiger partial charge in [0.05, 0.1) is 0 Å². The summed E-state index contributed by atoms with van der Waals surface area (Å²) in [5.41, 5.74) is 0. The smallest absolute Gasteiger partial charge is 0.306 e. The summed E-state index contributed by atoms with van der Waals surface area (Å²) in [6.45, 7) is 6.63. The molecule has 0 aliphatic rings. The zero-order valence-corrected chi connectivity index (χ0v) is 48.9. The van der Waals surface area contributed by atoms with Crippen LogP contribution in [-0.4, -0.2) is 37.2 Å². The number of unbranched alkanes of at least 4 members (excludes halogenated alkanes) is 40. The van der Waals surface area contributed by atoms with Crippen molar-refractivity contribution in [2.45, 2.75) is 348 Å². The highest BCUT2D eigenvalue weighted by Gasteiger charge is 2.19. The Morgan fingerprint density at radius 2 is 0.493 bits per heavy atom. The van der Waals surface area contributed by atoms with Crippen molar-refractivity contribution in [1.82, 2.24) is 0 Å². The molecule has 6 heteroatoms. The van der Waals surface area contributed by atoms with E-state index >= 15 is 0 Å². The summed E-state index contributed by atoms with van der Waals surface area (Å²) in [6.07, 6.45) is 76.8. The summed E-state index contributed by atoms with van der Waals surface area (Å²) in [7, 11) is 0. The molecule has 0 aliphatic heterocycles. The van der Waals surface area contributed by atoms with Crippen LogP contribution in [0.25, 0.3) is 0 Å². The van der Waals surface area contributed by atoms with Gasteiger partial charge in [0.1, 0.15) is 13.2 Å². The van der Waals surface area contributed by atoms with E-state index in [1.54, 1.807) is 0 Å². The summed E-state index contributed by atoms with van der Waals surface area (Å²) in [5.74, 6) is -0.874. The number of esters is 3. The van der Waals surface area contributed by atoms with Crippen LogP contribution in [0.15, 0.2) is 48.6 Å². The number of carbonyl (C=O) groups is 3. The highest BCUT2D eigenvalue weighted by molar-refractivity contribution is 5.71. The average Bonchev–Trinajstić information content (AvgIpc) is 3.39. The Morgan fingerprint density at radius 3 is 0.781 bits per heavy atom. The predicted octanol–water partition coefficient (Wildman–Crippen LogP) is 21.8. The molecule has 0 spiro atoms. The largest absolute Gasteiger partial charge is 0.462 e. The Morgan fingerprint density at radius 1 is 0.274 bits per heavy atom. The lowest BCUT2D eigenvalue weighted by Crippen LogP contribution is -2.30. The van der Waals surface area contributed by atoms with Crippen molar-refractivity contribution in [3.8, 4) is 0 Å². The van der Waals surface area contributed by atoms with Crippen molar-refractivity contribution in [2.75, 3.05) is 13.2 Å². The summed E-state index contributed by atoms with van der Waals surface area (Å²) in [4.78, 5) is 38.3. The van der Waals surface area contributed by atoms with Crippen molar-refractivity contribution < 1.29 is 28.6 Å². The van der Waals surface area contributed by atoms with E-state index in [1.807, 2.05) is 0 Å². The van der Waals surface area contributed by atoms with Gasteiger partial charge in [0.2, 0.25) is 0 Å². The first-order chi connectivity index (χ1) is 36.0. The van der Waals surface area contributed by atoms with Gasteiger partial charge in [0.25, 0.3) is 0 Å². The van der Waals surface area contributed by atoms with Crippen LogP contribution in [0.4, 0.5) is 0 Å². The maximum atomic E-state index is 12.9. The molecule has 0 saturated heterocycles. The third-order valence-corrected chi connectivity index (χ3v) is 14.3. The third kappa shape index (κ3) is 60.1. The van der Waals surface area contributed by atoms with Crippen molar-refractivity contribution in [2.24, 2.45) is 0 Å². The lowest BCUT2D eigenvalue weighted by molar-refractivity contribution is -0.167. The van der Waals surface area contributed by atoms with Crippen molar-refractivity contribution in [3.05, 3.63) is 48.6 Å². The monoisotopic (exact) mass is 1020 g/mol. The summed E-state index contributed by atoms with van der Waals surface area (Å²) in [6, 6.07) is 0. The summed E-state index contributed by atoms with van der Waals surface area (Å²) in [5, 5.41) is 0. The van der Waals surface area contributed by atoms with Gasteiger partial charge in [0.15, 0.2) is 6.10 Å². The molecule has 0 aromatic carbocycles. The predicted molar refractivity (Wildman–Crippen MR) is 316 cm³/mol. The standard InChI is InChI=1S/C67H122O6/c1-4-7-10-13-16-19-22-25-28-30-32-33-35-37-40-42-45-48-51-54-57-60-66(69)72-63-64(73-67(70)61-58-55-52-49-46-43-38-27-24-21-18-15-12-9-6-3)62-71-65(68)59-56-53-50-47-44-41-39-36-34-31-29-26-23-20-17-14-11-8-5-2/h17-18,20-21,26-27,29,38,64H,4-16,19,22-25,28,30-37,39-63H2,1-3H3/b20-17-,21-18-,29-26-,38-27-/t64-/m1/s1. The number of hydrogen-bond donors (Lipinski definition) is 0. The minimum Gasteiger partial charge on any atom is -0.462 e. The minimum atomic E-state index is -0.781. The van der Waals surface area contributed by atoms with E-state index in [1.165, 1.54) is 212 Å². The van der Waals surface area contributed by atoms with Crippen molar-refractivity contribution in [3.63, 3.8) is 0 Å². The van der Waals surface area contributed by atoms with Crippen LogP contribution in [0.1, 0.15) is 342 Å². The fourth-order valence-electron chi connectivity index (χ4n) is 9.45. The molecule has 0 rings (SSSR count). The van der Waals surface area contributed by atoms with Gasteiger partial charge in [-0.2, -0.15) is 0 Å². The molecule has 73 heavy (non-hydrogen) atoms. The first-order valence-electron chi connectivity index (χ1n) is 32.1. The van der Waals surface area contributed by atoms with Crippen molar-refractivity contribution in [1.29, 1.82) is 0 Å². The Balaban J connectivity index is 4.32. The molecule has 0 bridgehead atoms. The number of hydrogen-bond acceptors (Lipinski definition) is 6. The van der Waals surface area contributed by atoms with Gasteiger partial charge in [-0.3, -0.25) is 14.4 Å². The number of rotatable bonds is 59. The Bertz CT molecular complexity index is 1270. The molecule has 0 aliphatic carbocycles. The van der Waals surface area contributed by atoms with Crippen LogP contribution in [0.3, 0.4) is 0 Å². The zero-order valence-electron chi connectivity index (χ0n) is 48.9. The van der Waals surface area contributed by atoms with Crippen molar-refractivity contribution >= 4 is 17.9 Å². The van der Waals surface area contributed by atoms with Crippen LogP contribution in [-0.2, 0) is 28.6 Å². The number of ether oxygens (including phenoxy) is 3. The Hall–Kier alpha value is -2.63. The van der Waals surface area contributed by atoms with Gasteiger partial charge in [-0.1, -0.05) is 288 Å². The van der Waals surface area contributed by atoms with Crippen LogP contribution < -0.4 is 0 Å². The van der Waals surface area contributed by atoms with E-state index in [-0.39, 0.29) is 31.1 Å². The molecular weight excluding hydrogens is 901 g/mol. The van der Waals surface area contributed by atoms with Gasteiger partial charge in [-0.05, 0) is 83.5 Å². The van der Waals surface area contributed by atoms with Gasteiger partial charge in [-0.15, -0.1) is 0 Å². The second-order valence-corrected chi connectivity index (χ2v) is 21.7. The van der Waals surface area contributed by atoms with Crippen LogP contribution in [0, 0.1) is 0 Å².